The summed E-state index contributed by atoms with van der Waals surface area (Å²) in [7, 11) is 0. The third-order valence-electron chi connectivity index (χ3n) is 7.36. The van der Waals surface area contributed by atoms with Crippen molar-refractivity contribution in [3.63, 3.8) is 0 Å². The quantitative estimate of drug-likeness (QED) is 0.216. The van der Waals surface area contributed by atoms with Gasteiger partial charge in [-0.05, 0) is 61.2 Å². The minimum atomic E-state index is -0.214. The number of aromatic amines is 2. The molecule has 0 spiro atoms. The number of imidazole rings is 1. The summed E-state index contributed by atoms with van der Waals surface area (Å²) >= 11 is 1.12. The van der Waals surface area contributed by atoms with E-state index >= 15 is 0 Å². The predicted octanol–water partition coefficient (Wildman–Crippen LogP) is 6.71. The number of nitrogens with zero attached hydrogens (tertiary/aromatic N) is 4. The molecule has 9 heteroatoms. The van der Waals surface area contributed by atoms with E-state index in [-0.39, 0.29) is 5.13 Å². The minimum absolute atomic E-state index is 0.214. The second kappa shape index (κ2) is 9.74. The molecule has 3 N–H and O–H groups in total. The third-order valence-corrected chi connectivity index (χ3v) is 8.27. The summed E-state index contributed by atoms with van der Waals surface area (Å²) in [5, 5.41) is 11.8. The van der Waals surface area contributed by atoms with Crippen molar-refractivity contribution >= 4 is 33.4 Å². The number of pyridine rings is 2. The van der Waals surface area contributed by atoms with Crippen LogP contribution in [0.1, 0.15) is 31.2 Å². The number of aromatic nitrogens is 6. The number of hydrogen-bond acceptors (Lipinski definition) is 6. The molecule has 6 aromatic rings. The largest absolute Gasteiger partial charge is 0.337 e. The summed E-state index contributed by atoms with van der Waals surface area (Å²) in [5.74, 6) is 1.46. The van der Waals surface area contributed by atoms with Crippen molar-refractivity contribution in [2.24, 2.45) is 5.92 Å². The van der Waals surface area contributed by atoms with Gasteiger partial charge < -0.3 is 10.3 Å². The third kappa shape index (κ3) is 4.37. The van der Waals surface area contributed by atoms with Crippen LogP contribution in [0.5, 0.6) is 0 Å². The Labute approximate surface area is 222 Å². The first-order chi connectivity index (χ1) is 18.7. The smallest absolute Gasteiger partial charge is 0.181 e. The molecule has 1 aromatic carbocycles. The first-order valence-electron chi connectivity index (χ1n) is 13.0. The molecule has 0 saturated heterocycles. The molecule has 7 nitrogen and oxygen atoms in total. The van der Waals surface area contributed by atoms with Crippen LogP contribution in [-0.2, 0) is 6.54 Å². The van der Waals surface area contributed by atoms with Gasteiger partial charge in [0, 0.05) is 46.7 Å². The number of hydrogen-bond donors (Lipinski definition) is 3. The van der Waals surface area contributed by atoms with Crippen molar-refractivity contribution in [1.29, 1.82) is 0 Å². The van der Waals surface area contributed by atoms with Crippen LogP contribution in [0.25, 0.3) is 55.2 Å². The summed E-state index contributed by atoms with van der Waals surface area (Å²) in [6.45, 7) is 1.87. The molecule has 0 bridgehead atoms. The Kier molecular flexibility index (Phi) is 5.94. The fourth-order valence-corrected chi connectivity index (χ4v) is 6.18. The maximum absolute atomic E-state index is 13.7. The van der Waals surface area contributed by atoms with Crippen molar-refractivity contribution in [3.05, 3.63) is 71.7 Å². The monoisotopic (exact) mass is 523 g/mol. The molecule has 1 aliphatic carbocycles. The molecule has 5 aromatic heterocycles. The molecule has 1 fully saturated rings. The fourth-order valence-electron chi connectivity index (χ4n) is 5.42. The molecule has 0 atom stereocenters. The highest BCUT2D eigenvalue weighted by Crippen LogP contribution is 2.35. The fraction of sp³-hybridized carbons (Fsp3) is 0.241. The van der Waals surface area contributed by atoms with E-state index in [1.54, 1.807) is 6.07 Å². The Morgan fingerprint density at radius 1 is 1.03 bits per heavy atom. The van der Waals surface area contributed by atoms with Gasteiger partial charge in [-0.2, -0.15) is 9.49 Å². The van der Waals surface area contributed by atoms with E-state index in [0.29, 0.717) is 11.5 Å². The Morgan fingerprint density at radius 3 is 2.79 bits per heavy atom. The molecule has 0 radical (unpaired) electrons. The van der Waals surface area contributed by atoms with Crippen LogP contribution in [0, 0.1) is 11.0 Å². The number of nitrogens with one attached hydrogen (secondary N) is 3. The van der Waals surface area contributed by atoms with Gasteiger partial charge in [0.15, 0.2) is 16.6 Å². The number of thiophene rings is 1. The highest BCUT2D eigenvalue weighted by atomic mass is 32.1. The molecule has 1 saturated carbocycles. The average Bonchev–Trinajstić information content (AvgIpc) is 3.74. The molecule has 5 heterocycles. The van der Waals surface area contributed by atoms with E-state index in [1.807, 2.05) is 36.8 Å². The highest BCUT2D eigenvalue weighted by molar-refractivity contribution is 7.14. The summed E-state index contributed by atoms with van der Waals surface area (Å²) in [6.07, 6.45) is 11.0. The van der Waals surface area contributed by atoms with Gasteiger partial charge in [-0.3, -0.25) is 10.1 Å². The van der Waals surface area contributed by atoms with Gasteiger partial charge in [-0.25, -0.2) is 9.97 Å². The summed E-state index contributed by atoms with van der Waals surface area (Å²) in [6, 6.07) is 13.4. The number of halogens is 1. The number of H-pyrrole nitrogens is 2. The lowest BCUT2D eigenvalue weighted by atomic mass is 10.1. The first-order valence-corrected chi connectivity index (χ1v) is 13.8. The summed E-state index contributed by atoms with van der Waals surface area (Å²) in [4.78, 5) is 18.2. The van der Waals surface area contributed by atoms with Crippen molar-refractivity contribution in [2.75, 3.05) is 6.54 Å². The van der Waals surface area contributed by atoms with Crippen LogP contribution >= 0.6 is 11.3 Å². The molecule has 1 aliphatic rings. The molecule has 190 valence electrons. The Morgan fingerprint density at radius 2 is 1.92 bits per heavy atom. The van der Waals surface area contributed by atoms with Crippen molar-refractivity contribution < 1.29 is 4.39 Å². The number of para-hydroxylation sites is 1. The van der Waals surface area contributed by atoms with Gasteiger partial charge in [0.1, 0.15) is 5.69 Å². The van der Waals surface area contributed by atoms with Gasteiger partial charge in [0.25, 0.3) is 0 Å². The molecular formula is C29H26FN7S. The second-order valence-electron chi connectivity index (χ2n) is 9.95. The number of benzene rings is 1. The van der Waals surface area contributed by atoms with E-state index in [4.69, 9.17) is 4.98 Å². The lowest BCUT2D eigenvalue weighted by molar-refractivity contribution is 0.489. The second-order valence-corrected chi connectivity index (χ2v) is 11.0. The van der Waals surface area contributed by atoms with Crippen LogP contribution in [-0.4, -0.2) is 36.7 Å². The SMILES string of the molecule is Fc1ccc(-c2cccc3[nH]c(-c4[nH]nc5ncc(-c6cncc(CNCC7CCCC7)c6)cc45)nc23)s1. The topological polar surface area (TPSA) is 95.2 Å². The van der Waals surface area contributed by atoms with Gasteiger partial charge >= 0.3 is 0 Å². The normalized spacial score (nSPS) is 14.2. The zero-order valence-electron chi connectivity index (χ0n) is 20.7. The van der Waals surface area contributed by atoms with Crippen molar-refractivity contribution in [1.82, 2.24) is 35.5 Å². The average molecular weight is 524 g/mol. The molecular weight excluding hydrogens is 497 g/mol. The summed E-state index contributed by atoms with van der Waals surface area (Å²) < 4.78 is 13.7. The summed E-state index contributed by atoms with van der Waals surface area (Å²) in [5.41, 5.74) is 7.07. The van der Waals surface area contributed by atoms with E-state index in [0.717, 1.165) is 79.6 Å². The van der Waals surface area contributed by atoms with Gasteiger partial charge in [0.2, 0.25) is 0 Å². The Hall–Kier alpha value is -3.95. The van der Waals surface area contributed by atoms with Crippen LogP contribution in [0.15, 0.2) is 61.1 Å². The molecule has 38 heavy (non-hydrogen) atoms. The zero-order chi connectivity index (χ0) is 25.5. The maximum Gasteiger partial charge on any atom is 0.181 e. The lowest BCUT2D eigenvalue weighted by Crippen LogP contribution is -2.20. The van der Waals surface area contributed by atoms with Gasteiger partial charge in [-0.15, -0.1) is 11.3 Å². The van der Waals surface area contributed by atoms with Crippen molar-refractivity contribution in [2.45, 2.75) is 32.2 Å². The molecule has 0 aliphatic heterocycles. The molecule has 0 amide bonds. The Bertz CT molecular complexity index is 1740. The van der Waals surface area contributed by atoms with E-state index in [2.05, 4.69) is 42.6 Å². The lowest BCUT2D eigenvalue weighted by Gasteiger charge is -2.11. The van der Waals surface area contributed by atoms with Crippen LogP contribution < -0.4 is 5.32 Å². The predicted molar refractivity (Wildman–Crippen MR) is 149 cm³/mol. The minimum Gasteiger partial charge on any atom is -0.337 e. The van der Waals surface area contributed by atoms with E-state index in [1.165, 1.54) is 31.7 Å². The maximum atomic E-state index is 13.7. The van der Waals surface area contributed by atoms with Gasteiger partial charge in [-0.1, -0.05) is 25.0 Å². The van der Waals surface area contributed by atoms with E-state index < -0.39 is 0 Å². The standard InChI is InChI=1S/C29H26FN7S/c30-25-9-8-24(38-25)21-6-3-7-23-26(21)35-29(34-23)27-22-11-20(16-33-28(22)37-36-27)19-10-18(14-32-15-19)13-31-12-17-4-1-2-5-17/h3,6-11,14-17,31H,1-2,4-5,12-13H2,(H,34,35)(H,33,36,37). The van der Waals surface area contributed by atoms with Crippen LogP contribution in [0.3, 0.4) is 0 Å². The Balaban J connectivity index is 1.20. The van der Waals surface area contributed by atoms with Crippen LogP contribution in [0.4, 0.5) is 4.39 Å². The first kappa shape index (κ1) is 23.2. The number of rotatable bonds is 7. The van der Waals surface area contributed by atoms with Crippen LogP contribution in [0.2, 0.25) is 0 Å². The molecule has 7 rings (SSSR count). The zero-order valence-corrected chi connectivity index (χ0v) is 21.5. The van der Waals surface area contributed by atoms with E-state index in [9.17, 15) is 4.39 Å². The van der Waals surface area contributed by atoms with Gasteiger partial charge in [0.05, 0.1) is 16.4 Å². The highest BCUT2D eigenvalue weighted by Gasteiger charge is 2.17. The molecule has 0 unspecified atom stereocenters. The number of fused-ring (bicyclic) bond motifs is 2. The van der Waals surface area contributed by atoms with Crippen molar-refractivity contribution in [3.8, 4) is 33.1 Å².